The van der Waals surface area contributed by atoms with Gasteiger partial charge in [0.2, 0.25) is 0 Å². The number of hydrogen-bond donors (Lipinski definition) is 5. The lowest BCUT2D eigenvalue weighted by Gasteiger charge is -2.49. The number of cyclic esters (lactones) is 1. The van der Waals surface area contributed by atoms with E-state index in [1.54, 1.807) is 65.3 Å². The first-order valence-corrected chi connectivity index (χ1v) is 25.6. The first-order valence-electron chi connectivity index (χ1n) is 25.6. The molecule has 3 aliphatic rings. The molecule has 410 valence electrons. The van der Waals surface area contributed by atoms with Crippen molar-refractivity contribution >= 4 is 11.7 Å². The molecule has 0 radical (unpaired) electrons. The van der Waals surface area contributed by atoms with Gasteiger partial charge in [-0.05, 0) is 99.9 Å². The van der Waals surface area contributed by atoms with Crippen LogP contribution < -0.4 is 4.74 Å². The van der Waals surface area contributed by atoms with Crippen molar-refractivity contribution in [2.24, 2.45) is 23.7 Å². The van der Waals surface area contributed by atoms with Gasteiger partial charge in [-0.25, -0.2) is 0 Å². The van der Waals surface area contributed by atoms with Crippen LogP contribution in [0.15, 0.2) is 30.5 Å². The third-order valence-electron chi connectivity index (χ3n) is 15.5. The fraction of sp³-hybridized carbons (Fsp3) is 0.824. The number of nitro groups is 1. The minimum atomic E-state index is -1.85. The minimum Gasteiger partial charge on any atom is -0.493 e. The summed E-state index contributed by atoms with van der Waals surface area (Å²) in [5, 5.41) is 79.4. The topological polar surface area (TPSA) is 263 Å². The number of aliphatic hydroxyl groups is 5. The van der Waals surface area contributed by atoms with E-state index in [-0.39, 0.29) is 42.9 Å². The van der Waals surface area contributed by atoms with E-state index >= 15 is 0 Å². The van der Waals surface area contributed by atoms with E-state index in [0.717, 1.165) is 5.69 Å². The molecule has 19 atom stereocenters. The average Bonchev–Trinajstić information content (AvgIpc) is 3.77. The fourth-order valence-corrected chi connectivity index (χ4v) is 10.9. The van der Waals surface area contributed by atoms with E-state index in [1.165, 1.54) is 26.2 Å². The van der Waals surface area contributed by atoms with Gasteiger partial charge in [0.05, 0.1) is 58.8 Å². The zero-order chi connectivity index (χ0) is 53.6. The summed E-state index contributed by atoms with van der Waals surface area (Å²) in [7, 11) is 5.24. The fourth-order valence-electron chi connectivity index (χ4n) is 10.9. The van der Waals surface area contributed by atoms with Crippen LogP contribution in [-0.2, 0) is 46.2 Å². The highest BCUT2D eigenvalue weighted by Crippen LogP contribution is 2.40. The van der Waals surface area contributed by atoms with Crippen LogP contribution in [0.2, 0.25) is 0 Å². The number of nitro benzene ring substituents is 1. The first kappa shape index (κ1) is 59.4. The number of carbonyl (C=O) groups excluding carboxylic acids is 1. The lowest BCUT2D eigenvalue weighted by Crippen LogP contribution is -2.61. The van der Waals surface area contributed by atoms with E-state index in [4.69, 9.17) is 33.2 Å². The molecular weight excluding hydrogens is 937 g/mol. The molecule has 21 nitrogen and oxygen atoms in total. The van der Waals surface area contributed by atoms with Crippen molar-refractivity contribution in [2.45, 2.75) is 205 Å². The summed E-state index contributed by atoms with van der Waals surface area (Å²) in [4.78, 5) is 29.0. The van der Waals surface area contributed by atoms with Gasteiger partial charge in [0.15, 0.2) is 12.6 Å². The van der Waals surface area contributed by atoms with Crippen LogP contribution in [0.4, 0.5) is 5.69 Å². The molecule has 21 heteroatoms. The molecule has 5 N–H and O–H groups in total. The van der Waals surface area contributed by atoms with Crippen LogP contribution in [0.5, 0.6) is 5.75 Å². The number of carbonyl (C=O) groups is 1. The Morgan fingerprint density at radius 2 is 1.67 bits per heavy atom. The second kappa shape index (κ2) is 24.9. The van der Waals surface area contributed by atoms with E-state index in [1.807, 2.05) is 50.9 Å². The standard InChI is InChI=1S/C51H86N6O15/c1-15-40-51(11,63)44(59)34(7)55(13)25-29(2)23-49(9,62)46(32(5)43(33(6)47(61)70-40)71-41-24-50(10,66-14)45(60)35(8)69-41)72-48-42(58)39(22-31(4)68-48)54(12)21-20-36-27-56(53-52-36)26-30(3)28-67-38-18-16-37(17-19-38)57(64)65/h16-19,27,29-35,39-46,48,58-60,62-63H,15,20-26,28H2,1-14H3/t29-,30-,31-,32+,33-,34-,35+,39+,40-,41+,42-,43+,44-,45+,46-,48+,49-,50-,51-/m1/s1. The highest BCUT2D eigenvalue weighted by molar-refractivity contribution is 5.73. The largest absolute Gasteiger partial charge is 0.493 e. The molecule has 0 unspecified atom stereocenters. The van der Waals surface area contributed by atoms with Gasteiger partial charge in [0, 0.05) is 81.8 Å². The zero-order valence-corrected chi connectivity index (χ0v) is 45.0. The van der Waals surface area contributed by atoms with Gasteiger partial charge in [-0.2, -0.15) is 0 Å². The van der Waals surface area contributed by atoms with Crippen LogP contribution in [0.1, 0.15) is 108 Å². The Hall–Kier alpha value is -3.45. The predicted molar refractivity (Wildman–Crippen MR) is 265 cm³/mol. The van der Waals surface area contributed by atoms with Crippen LogP contribution in [0, 0.1) is 33.8 Å². The summed E-state index contributed by atoms with van der Waals surface area (Å²) in [6.07, 6.45) is -6.83. The van der Waals surface area contributed by atoms with Gasteiger partial charge in [0.25, 0.3) is 5.69 Å². The maximum absolute atomic E-state index is 14.5. The average molecular weight is 1020 g/mol. The molecule has 72 heavy (non-hydrogen) atoms. The van der Waals surface area contributed by atoms with Crippen molar-refractivity contribution in [1.29, 1.82) is 0 Å². The van der Waals surface area contributed by atoms with Crippen molar-refractivity contribution < 1.29 is 68.4 Å². The number of likely N-dealkylation sites (N-methyl/N-ethyl adjacent to an activating group) is 2. The molecule has 1 aromatic carbocycles. The Morgan fingerprint density at radius 3 is 2.29 bits per heavy atom. The number of non-ortho nitro benzene ring substituents is 1. The Morgan fingerprint density at radius 1 is 1.00 bits per heavy atom. The number of aromatic nitrogens is 3. The second-order valence-corrected chi connectivity index (χ2v) is 22.0. The molecule has 0 spiro atoms. The van der Waals surface area contributed by atoms with Gasteiger partial charge in [-0.15, -0.1) is 5.10 Å². The molecule has 4 heterocycles. The summed E-state index contributed by atoms with van der Waals surface area (Å²) >= 11 is 0. The molecule has 0 saturated carbocycles. The van der Waals surface area contributed by atoms with E-state index in [0.29, 0.717) is 44.8 Å². The Balaban J connectivity index is 1.38. The summed E-state index contributed by atoms with van der Waals surface area (Å²) in [5.74, 6) is -2.24. The molecule has 1 aromatic heterocycles. The van der Waals surface area contributed by atoms with Crippen LogP contribution in [0.3, 0.4) is 0 Å². The third-order valence-corrected chi connectivity index (χ3v) is 15.5. The summed E-state index contributed by atoms with van der Waals surface area (Å²) in [6.45, 7) is 21.3. The number of esters is 1. The molecule has 5 rings (SSSR count). The first-order chi connectivity index (χ1) is 33.6. The molecule has 3 saturated heterocycles. The minimum absolute atomic E-state index is 0.00739. The lowest BCUT2D eigenvalue weighted by molar-refractivity contribution is -0.384. The van der Waals surface area contributed by atoms with Gasteiger partial charge in [-0.3, -0.25) is 19.6 Å². The number of ether oxygens (including phenoxy) is 7. The Bertz CT molecular complexity index is 2030. The smallest absolute Gasteiger partial charge is 0.311 e. The van der Waals surface area contributed by atoms with Crippen LogP contribution in [-0.4, -0.2) is 192 Å². The summed E-state index contributed by atoms with van der Waals surface area (Å²) in [6, 6.07) is 4.92. The number of benzene rings is 1. The van der Waals surface area contributed by atoms with Crippen molar-refractivity contribution in [3.05, 3.63) is 46.3 Å². The van der Waals surface area contributed by atoms with Crippen LogP contribution >= 0.6 is 0 Å². The summed E-state index contributed by atoms with van der Waals surface area (Å²) < 4.78 is 45.8. The Kier molecular flexibility index (Phi) is 20.6. The summed E-state index contributed by atoms with van der Waals surface area (Å²) in [5.41, 5.74) is -3.82. The quantitative estimate of drug-likeness (QED) is 0.0911. The number of methoxy groups -OCH3 is 1. The molecule has 0 amide bonds. The maximum Gasteiger partial charge on any atom is 0.311 e. The predicted octanol–water partition coefficient (Wildman–Crippen LogP) is 3.73. The number of aliphatic hydroxyl groups excluding tert-OH is 3. The molecule has 3 aliphatic heterocycles. The maximum atomic E-state index is 14.5. The van der Waals surface area contributed by atoms with E-state index in [2.05, 4.69) is 10.3 Å². The SMILES string of the molecule is CC[C@H]1OC(=O)[C@H](C)[C@@H](O[C@H]2C[C@@](C)(OC)[C@@H](O)[C@H](C)O2)[C@H](C)[C@@H](O[C@@H]2O[C@H](C)C[C@H](N(C)CCc3cn(C[C@@H](C)COc4ccc([N+](=O)[O-])cc4)nn3)[C@H]2O)[C@](C)(O)C[C@@H](C)CN(C)[C@H](C)[C@@H](O)[C@]1(C)O. The van der Waals surface area contributed by atoms with E-state index in [9.17, 15) is 40.4 Å². The van der Waals surface area contributed by atoms with Gasteiger partial charge >= 0.3 is 5.97 Å². The molecule has 3 fully saturated rings. The Labute approximate surface area is 425 Å². The number of nitrogens with zero attached hydrogens (tertiary/aromatic N) is 6. The second-order valence-electron chi connectivity index (χ2n) is 22.0. The highest BCUT2D eigenvalue weighted by Gasteiger charge is 2.53. The third kappa shape index (κ3) is 14.5. The van der Waals surface area contributed by atoms with Gasteiger partial charge in [-0.1, -0.05) is 32.9 Å². The lowest BCUT2D eigenvalue weighted by atomic mass is 9.77. The molecular formula is C51H86N6O15. The molecule has 0 bridgehead atoms. The monoisotopic (exact) mass is 1020 g/mol. The number of hydrogen-bond acceptors (Lipinski definition) is 19. The number of rotatable bonds is 16. The van der Waals surface area contributed by atoms with Crippen LogP contribution in [0.25, 0.3) is 0 Å². The van der Waals surface area contributed by atoms with Gasteiger partial charge < -0.3 is 68.5 Å². The van der Waals surface area contributed by atoms with Crippen molar-refractivity contribution in [2.75, 3.05) is 40.9 Å². The van der Waals surface area contributed by atoms with Crippen molar-refractivity contribution in [3.8, 4) is 5.75 Å². The molecule has 2 aromatic rings. The van der Waals surface area contributed by atoms with E-state index < -0.39 is 107 Å². The van der Waals surface area contributed by atoms with Crippen molar-refractivity contribution in [1.82, 2.24) is 24.8 Å². The normalized spacial score (nSPS) is 39.4. The van der Waals surface area contributed by atoms with Gasteiger partial charge in [0.1, 0.15) is 35.8 Å². The zero-order valence-electron chi connectivity index (χ0n) is 45.0. The molecule has 0 aliphatic carbocycles. The highest BCUT2D eigenvalue weighted by atomic mass is 16.7. The van der Waals surface area contributed by atoms with Crippen molar-refractivity contribution in [3.63, 3.8) is 0 Å².